The van der Waals surface area contributed by atoms with Crippen LogP contribution in [0.25, 0.3) is 0 Å². The second-order valence-corrected chi connectivity index (χ2v) is 4.46. The third-order valence-corrected chi connectivity index (χ3v) is 3.12. The summed E-state index contributed by atoms with van der Waals surface area (Å²) in [6, 6.07) is 0. The van der Waals surface area contributed by atoms with E-state index in [-0.39, 0.29) is 11.7 Å². The highest BCUT2D eigenvalue weighted by atomic mass is 19.4. The molecule has 0 aromatic carbocycles. The van der Waals surface area contributed by atoms with Crippen LogP contribution < -0.4 is 0 Å². The van der Waals surface area contributed by atoms with Crippen molar-refractivity contribution >= 4 is 5.78 Å². The van der Waals surface area contributed by atoms with E-state index in [0.29, 0.717) is 12.0 Å². The predicted molar refractivity (Wildman–Crippen MR) is 53.7 cm³/mol. The number of allylic oxidation sites excluding steroid dienone is 4. The average Bonchev–Trinajstić information content (AvgIpc) is 2.98. The monoisotopic (exact) mass is 230 g/mol. The van der Waals surface area contributed by atoms with Gasteiger partial charge < -0.3 is 0 Å². The maximum Gasteiger partial charge on any atom is 0.416 e. The van der Waals surface area contributed by atoms with E-state index in [1.807, 2.05) is 0 Å². The van der Waals surface area contributed by atoms with Crippen molar-refractivity contribution in [2.75, 3.05) is 0 Å². The van der Waals surface area contributed by atoms with Crippen LogP contribution in [0.3, 0.4) is 0 Å². The molecule has 0 aromatic heterocycles. The van der Waals surface area contributed by atoms with Crippen LogP contribution in [0, 0.1) is 11.8 Å². The molecule has 1 fully saturated rings. The summed E-state index contributed by atoms with van der Waals surface area (Å²) in [7, 11) is 0. The van der Waals surface area contributed by atoms with Gasteiger partial charge in [0.2, 0.25) is 0 Å². The molecule has 16 heavy (non-hydrogen) atoms. The smallest absolute Gasteiger partial charge is 0.299 e. The summed E-state index contributed by atoms with van der Waals surface area (Å²) in [4.78, 5) is 11.1. The van der Waals surface area contributed by atoms with Crippen molar-refractivity contribution in [3.63, 3.8) is 0 Å². The molecule has 0 bridgehead atoms. The molecule has 0 aliphatic heterocycles. The van der Waals surface area contributed by atoms with Crippen LogP contribution in [-0.2, 0) is 4.79 Å². The molecule has 1 unspecified atom stereocenters. The first-order valence-corrected chi connectivity index (χ1v) is 5.39. The topological polar surface area (TPSA) is 17.1 Å². The lowest BCUT2D eigenvalue weighted by Crippen LogP contribution is -2.21. The lowest BCUT2D eigenvalue weighted by atomic mass is 9.86. The van der Waals surface area contributed by atoms with Crippen molar-refractivity contribution < 1.29 is 18.0 Å². The largest absolute Gasteiger partial charge is 0.416 e. The lowest BCUT2D eigenvalue weighted by Gasteiger charge is -2.22. The summed E-state index contributed by atoms with van der Waals surface area (Å²) in [6.07, 6.45) is 0.472. The summed E-state index contributed by atoms with van der Waals surface area (Å²) in [5, 5.41) is 0. The van der Waals surface area contributed by atoms with Crippen molar-refractivity contribution in [2.24, 2.45) is 11.8 Å². The second-order valence-electron chi connectivity index (χ2n) is 4.46. The SMILES string of the molecule is CC(=O)C1C=C(C(F)(F)F)C(C2CC2)=CC1. The molecule has 0 spiro atoms. The molecule has 1 atom stereocenters. The van der Waals surface area contributed by atoms with Crippen molar-refractivity contribution in [1.29, 1.82) is 0 Å². The summed E-state index contributed by atoms with van der Waals surface area (Å²) in [5.41, 5.74) is -0.175. The van der Waals surface area contributed by atoms with Crippen LogP contribution in [0.2, 0.25) is 0 Å². The highest BCUT2D eigenvalue weighted by molar-refractivity contribution is 5.81. The van der Waals surface area contributed by atoms with Gasteiger partial charge in [-0.15, -0.1) is 0 Å². The molecule has 4 heteroatoms. The molecule has 0 aromatic rings. The zero-order valence-electron chi connectivity index (χ0n) is 8.97. The third-order valence-electron chi connectivity index (χ3n) is 3.12. The number of halogens is 3. The van der Waals surface area contributed by atoms with Gasteiger partial charge in [-0.1, -0.05) is 12.2 Å². The van der Waals surface area contributed by atoms with Crippen LogP contribution in [-0.4, -0.2) is 12.0 Å². The molecule has 1 nitrogen and oxygen atoms in total. The molecule has 2 rings (SSSR count). The molecule has 0 saturated heterocycles. The molecule has 2 aliphatic rings. The zero-order valence-corrected chi connectivity index (χ0v) is 8.97. The third kappa shape index (κ3) is 2.20. The Kier molecular flexibility index (Phi) is 2.68. The Morgan fingerprint density at radius 3 is 2.44 bits per heavy atom. The molecule has 1 saturated carbocycles. The molecular weight excluding hydrogens is 217 g/mol. The first-order valence-electron chi connectivity index (χ1n) is 5.39. The van der Waals surface area contributed by atoms with Crippen LogP contribution >= 0.6 is 0 Å². The van der Waals surface area contributed by atoms with Crippen molar-refractivity contribution in [2.45, 2.75) is 32.4 Å². The van der Waals surface area contributed by atoms with Gasteiger partial charge in [0.15, 0.2) is 0 Å². The van der Waals surface area contributed by atoms with Crippen LogP contribution in [0.15, 0.2) is 23.3 Å². The fourth-order valence-electron chi connectivity index (χ4n) is 2.05. The Bertz CT molecular complexity index is 372. The van der Waals surface area contributed by atoms with E-state index in [0.717, 1.165) is 18.9 Å². The molecule has 0 heterocycles. The summed E-state index contributed by atoms with van der Waals surface area (Å²) >= 11 is 0. The fraction of sp³-hybridized carbons (Fsp3) is 0.583. The van der Waals surface area contributed by atoms with Crippen LogP contribution in [0.4, 0.5) is 13.2 Å². The molecule has 0 radical (unpaired) electrons. The quantitative estimate of drug-likeness (QED) is 0.710. The second kappa shape index (κ2) is 3.75. The Labute approximate surface area is 92.0 Å². The number of Topliss-reactive ketones (excluding diaryl/α,β-unsaturated/α-hetero) is 1. The maximum absolute atomic E-state index is 12.8. The van der Waals surface area contributed by atoms with Gasteiger partial charge in [0.05, 0.1) is 5.57 Å². The summed E-state index contributed by atoms with van der Waals surface area (Å²) in [5.74, 6) is -0.729. The fourth-order valence-corrected chi connectivity index (χ4v) is 2.05. The Morgan fingerprint density at radius 2 is 2.00 bits per heavy atom. The summed E-state index contributed by atoms with van der Waals surface area (Å²) in [6.45, 7) is 1.34. The first-order chi connectivity index (χ1) is 7.39. The molecule has 88 valence electrons. The van der Waals surface area contributed by atoms with Crippen molar-refractivity contribution in [3.8, 4) is 0 Å². The maximum atomic E-state index is 12.8. The number of rotatable bonds is 2. The zero-order chi connectivity index (χ0) is 11.9. The number of carbonyl (C=O) groups excluding carboxylic acids is 1. The molecule has 0 amide bonds. The number of ketones is 1. The minimum atomic E-state index is -4.33. The Balaban J connectivity index is 2.30. The minimum Gasteiger partial charge on any atom is -0.299 e. The van der Waals surface area contributed by atoms with E-state index < -0.39 is 17.7 Å². The number of hydrogen-bond acceptors (Lipinski definition) is 1. The van der Waals surface area contributed by atoms with Crippen molar-refractivity contribution in [3.05, 3.63) is 23.3 Å². The van der Waals surface area contributed by atoms with Gasteiger partial charge in [-0.2, -0.15) is 13.2 Å². The predicted octanol–water partition coefficient (Wildman–Crippen LogP) is 3.42. The Morgan fingerprint density at radius 1 is 1.38 bits per heavy atom. The Hall–Kier alpha value is -1.06. The van der Waals surface area contributed by atoms with E-state index in [9.17, 15) is 18.0 Å². The lowest BCUT2D eigenvalue weighted by molar-refractivity contribution is -0.119. The standard InChI is InChI=1S/C12H13F3O/c1-7(16)9-4-5-10(8-2-3-8)11(6-9)12(13,14)15/h5-6,8-9H,2-4H2,1H3. The van der Waals surface area contributed by atoms with Gasteiger partial charge in [-0.25, -0.2) is 0 Å². The van der Waals surface area contributed by atoms with Gasteiger partial charge in [0, 0.05) is 5.92 Å². The van der Waals surface area contributed by atoms with Gasteiger partial charge in [0.25, 0.3) is 0 Å². The highest BCUT2D eigenvalue weighted by Crippen LogP contribution is 2.47. The minimum absolute atomic E-state index is 0.0702. The number of hydrogen-bond donors (Lipinski definition) is 0. The number of carbonyl (C=O) groups is 1. The van der Waals surface area contributed by atoms with E-state index in [4.69, 9.17) is 0 Å². The molecular formula is C12H13F3O. The van der Waals surface area contributed by atoms with E-state index in [2.05, 4.69) is 0 Å². The van der Waals surface area contributed by atoms with Gasteiger partial charge in [0.1, 0.15) is 5.78 Å². The number of alkyl halides is 3. The van der Waals surface area contributed by atoms with Crippen molar-refractivity contribution in [1.82, 2.24) is 0 Å². The average molecular weight is 230 g/mol. The van der Waals surface area contributed by atoms with E-state index in [1.54, 1.807) is 6.08 Å². The van der Waals surface area contributed by atoms with Gasteiger partial charge in [-0.3, -0.25) is 4.79 Å². The van der Waals surface area contributed by atoms with E-state index >= 15 is 0 Å². The molecule has 0 N–H and O–H groups in total. The first kappa shape index (κ1) is 11.4. The van der Waals surface area contributed by atoms with E-state index in [1.165, 1.54) is 6.92 Å². The van der Waals surface area contributed by atoms with Gasteiger partial charge >= 0.3 is 6.18 Å². The molecule has 2 aliphatic carbocycles. The normalized spacial score (nSPS) is 26.1. The summed E-state index contributed by atoms with van der Waals surface area (Å²) < 4.78 is 38.4. The van der Waals surface area contributed by atoms with Gasteiger partial charge in [-0.05, 0) is 37.7 Å². The van der Waals surface area contributed by atoms with Crippen LogP contribution in [0.5, 0.6) is 0 Å². The highest BCUT2D eigenvalue weighted by Gasteiger charge is 2.42. The van der Waals surface area contributed by atoms with Crippen LogP contribution in [0.1, 0.15) is 26.2 Å².